The molecule has 1 aromatic rings. The van der Waals surface area contributed by atoms with Crippen molar-refractivity contribution in [2.75, 3.05) is 0 Å². The van der Waals surface area contributed by atoms with Gasteiger partial charge in [0.2, 0.25) is 0 Å². The molecule has 0 aliphatic carbocycles. The second-order valence-corrected chi connectivity index (χ2v) is 5.98. The second-order valence-electron chi connectivity index (χ2n) is 5.32. The smallest absolute Gasteiger partial charge is 0.0460 e. The van der Waals surface area contributed by atoms with Crippen molar-refractivity contribution in [1.82, 2.24) is 5.32 Å². The highest BCUT2D eigenvalue weighted by Gasteiger charge is 2.02. The van der Waals surface area contributed by atoms with E-state index in [9.17, 15) is 0 Å². The van der Waals surface area contributed by atoms with Gasteiger partial charge in [-0.05, 0) is 17.1 Å². The number of allylic oxidation sites excluding steroid dienone is 2. The highest BCUT2D eigenvalue weighted by molar-refractivity contribution is 7.18. The Morgan fingerprint density at radius 1 is 1.29 bits per heavy atom. The van der Waals surface area contributed by atoms with Gasteiger partial charge >= 0.3 is 0 Å². The van der Waals surface area contributed by atoms with Crippen molar-refractivity contribution >= 4 is 9.24 Å². The molecule has 0 saturated heterocycles. The maximum absolute atomic E-state index is 3.99. The first-order valence-corrected chi connectivity index (χ1v) is 8.18. The van der Waals surface area contributed by atoms with Gasteiger partial charge in [-0.2, -0.15) is 0 Å². The zero-order valence-electron chi connectivity index (χ0n) is 13.7. The Kier molecular flexibility index (Phi) is 11.9. The molecule has 0 heterocycles. The van der Waals surface area contributed by atoms with Gasteiger partial charge in [0.15, 0.2) is 0 Å². The molecule has 0 amide bonds. The Hall–Kier alpha value is -1.17. The summed E-state index contributed by atoms with van der Waals surface area (Å²) >= 11 is 0. The largest absolute Gasteiger partial charge is 0.303 e. The normalized spacial score (nSPS) is 11.9. The molecule has 1 aromatic carbocycles. The predicted octanol–water partition coefficient (Wildman–Crippen LogP) is 5.33. The first-order valence-electron chi connectivity index (χ1n) is 7.52. The molecule has 1 nitrogen and oxygen atoms in total. The molecular weight excluding hydrogens is 273 g/mol. The third kappa shape index (κ3) is 11.2. The second kappa shape index (κ2) is 12.6. The lowest BCUT2D eigenvalue weighted by Crippen LogP contribution is -2.23. The Labute approximate surface area is 133 Å². The fraction of sp³-hybridized carbons (Fsp3) is 0.368. The van der Waals surface area contributed by atoms with E-state index in [4.69, 9.17) is 0 Å². The fourth-order valence-corrected chi connectivity index (χ4v) is 1.48. The molecule has 2 heteroatoms. The molecule has 116 valence electrons. The monoisotopic (exact) mass is 303 g/mol. The van der Waals surface area contributed by atoms with Gasteiger partial charge in [-0.25, -0.2) is 0 Å². The van der Waals surface area contributed by atoms with Crippen LogP contribution >= 0.6 is 9.24 Å². The van der Waals surface area contributed by atoms with Gasteiger partial charge in [-0.3, -0.25) is 0 Å². The maximum atomic E-state index is 3.99. The van der Waals surface area contributed by atoms with Crippen LogP contribution in [0.5, 0.6) is 0 Å². The number of benzene rings is 1. The van der Waals surface area contributed by atoms with Crippen LogP contribution < -0.4 is 5.32 Å². The molecule has 0 aliphatic heterocycles. The first-order chi connectivity index (χ1) is 10.0. The summed E-state index contributed by atoms with van der Waals surface area (Å²) < 4.78 is 0. The van der Waals surface area contributed by atoms with Crippen LogP contribution in [0.1, 0.15) is 32.8 Å². The number of hydrogen-bond donors (Lipinski definition) is 1. The molecule has 2 unspecified atom stereocenters. The van der Waals surface area contributed by atoms with Crippen molar-refractivity contribution in [3.8, 4) is 0 Å². The summed E-state index contributed by atoms with van der Waals surface area (Å²) in [7, 11) is 2.74. The van der Waals surface area contributed by atoms with Crippen LogP contribution in [0.25, 0.3) is 0 Å². The molecule has 0 aromatic heterocycles. The molecule has 21 heavy (non-hydrogen) atoms. The molecule has 0 bridgehead atoms. The lowest BCUT2D eigenvalue weighted by atomic mass is 10.2. The van der Waals surface area contributed by atoms with Crippen molar-refractivity contribution in [1.29, 1.82) is 0 Å². The number of nitrogens with one attached hydrogen (secondary N) is 1. The minimum atomic E-state index is 0.191. The molecule has 2 atom stereocenters. The molecule has 0 radical (unpaired) electrons. The van der Waals surface area contributed by atoms with Gasteiger partial charge in [0.1, 0.15) is 0 Å². The van der Waals surface area contributed by atoms with E-state index in [-0.39, 0.29) is 5.78 Å². The van der Waals surface area contributed by atoms with Crippen LogP contribution in [0.15, 0.2) is 67.3 Å². The molecule has 1 N–H and O–H groups in total. The van der Waals surface area contributed by atoms with Crippen molar-refractivity contribution in [2.45, 2.75) is 39.5 Å². The zero-order valence-corrected chi connectivity index (χ0v) is 14.8. The Morgan fingerprint density at radius 3 is 2.33 bits per heavy atom. The average Bonchev–Trinajstić information content (AvgIpc) is 2.51. The van der Waals surface area contributed by atoms with Crippen LogP contribution in [0, 0.1) is 5.92 Å². The van der Waals surface area contributed by atoms with Crippen LogP contribution in [0.3, 0.4) is 0 Å². The topological polar surface area (TPSA) is 12.0 Å². The Bertz CT molecular complexity index is 420. The minimum absolute atomic E-state index is 0.191. The predicted molar refractivity (Wildman–Crippen MR) is 100 cm³/mol. The summed E-state index contributed by atoms with van der Waals surface area (Å²) in [5.74, 6) is 1.08. The molecule has 0 fully saturated rings. The van der Waals surface area contributed by atoms with E-state index < -0.39 is 0 Å². The summed E-state index contributed by atoms with van der Waals surface area (Å²) in [6.45, 7) is 15.1. The van der Waals surface area contributed by atoms with Crippen molar-refractivity contribution in [3.05, 3.63) is 72.9 Å². The van der Waals surface area contributed by atoms with Gasteiger partial charge in [-0.15, -0.1) is 9.24 Å². The Morgan fingerprint density at radius 2 is 1.86 bits per heavy atom. The van der Waals surface area contributed by atoms with Crippen molar-refractivity contribution in [3.63, 3.8) is 0 Å². The Balaban J connectivity index is 0.000000690. The summed E-state index contributed by atoms with van der Waals surface area (Å²) in [6.07, 6.45) is 6.91. The zero-order chi connectivity index (χ0) is 16.1. The molecule has 0 spiro atoms. The van der Waals surface area contributed by atoms with Crippen LogP contribution in [-0.2, 0) is 6.54 Å². The summed E-state index contributed by atoms with van der Waals surface area (Å²) in [6, 6.07) is 10.3. The number of rotatable bonds is 7. The molecule has 0 aliphatic rings. The fourth-order valence-electron chi connectivity index (χ4n) is 1.25. The van der Waals surface area contributed by atoms with E-state index >= 15 is 0 Å². The van der Waals surface area contributed by atoms with E-state index in [1.807, 2.05) is 30.4 Å². The van der Waals surface area contributed by atoms with Gasteiger partial charge in [-0.1, -0.05) is 88.9 Å². The standard InChI is InChI=1S/C14H18NP.C5H12/c1-3-4-8-12(2)14(16)15-11-13-9-6-5-7-10-13;1-4-5(2)3/h3-10,14-15H,1-2,11,16H2;5H,4H2,1-3H3/b8-4-;. The van der Waals surface area contributed by atoms with Gasteiger partial charge in [0.25, 0.3) is 0 Å². The highest BCUT2D eigenvalue weighted by Crippen LogP contribution is 2.10. The molecule has 1 rings (SSSR count). The van der Waals surface area contributed by atoms with Crippen molar-refractivity contribution in [2.24, 2.45) is 5.92 Å². The SMILES string of the molecule is C=C/C=C\C(=C)C(P)NCc1ccccc1.CCC(C)C. The van der Waals surface area contributed by atoms with Crippen LogP contribution in [0.2, 0.25) is 0 Å². The van der Waals surface area contributed by atoms with Crippen LogP contribution in [0.4, 0.5) is 0 Å². The molecular formula is C19H30NP. The lowest BCUT2D eigenvalue weighted by molar-refractivity contribution is 0.626. The van der Waals surface area contributed by atoms with E-state index in [1.165, 1.54) is 12.0 Å². The van der Waals surface area contributed by atoms with E-state index in [2.05, 4.69) is 60.6 Å². The lowest BCUT2D eigenvalue weighted by Gasteiger charge is -2.13. The number of hydrogen-bond acceptors (Lipinski definition) is 1. The van der Waals surface area contributed by atoms with Crippen LogP contribution in [-0.4, -0.2) is 5.78 Å². The first kappa shape index (κ1) is 19.8. The van der Waals surface area contributed by atoms with E-state index in [0.717, 1.165) is 18.0 Å². The summed E-state index contributed by atoms with van der Waals surface area (Å²) in [4.78, 5) is 0. The minimum Gasteiger partial charge on any atom is -0.303 e. The third-order valence-corrected chi connectivity index (χ3v) is 3.70. The summed E-state index contributed by atoms with van der Waals surface area (Å²) in [5.41, 5.74) is 2.30. The third-order valence-electron chi connectivity index (χ3n) is 3.03. The van der Waals surface area contributed by atoms with Gasteiger partial charge < -0.3 is 5.32 Å². The summed E-state index contributed by atoms with van der Waals surface area (Å²) in [5, 5.41) is 3.39. The highest BCUT2D eigenvalue weighted by atomic mass is 31.0. The average molecular weight is 303 g/mol. The van der Waals surface area contributed by atoms with E-state index in [0.29, 0.717) is 0 Å². The van der Waals surface area contributed by atoms with Gasteiger partial charge in [0.05, 0.1) is 0 Å². The van der Waals surface area contributed by atoms with E-state index in [1.54, 1.807) is 6.08 Å². The van der Waals surface area contributed by atoms with Gasteiger partial charge in [0, 0.05) is 12.3 Å². The van der Waals surface area contributed by atoms with Crippen molar-refractivity contribution < 1.29 is 0 Å². The maximum Gasteiger partial charge on any atom is 0.0460 e. The molecule has 0 saturated carbocycles. The quantitative estimate of drug-likeness (QED) is 0.530.